The van der Waals surface area contributed by atoms with Gasteiger partial charge < -0.3 is 10.6 Å². The van der Waals surface area contributed by atoms with E-state index in [1.807, 2.05) is 6.92 Å². The third-order valence-electron chi connectivity index (χ3n) is 3.19. The Bertz CT molecular complexity index is 190. The molecule has 0 aromatic rings. The van der Waals surface area contributed by atoms with E-state index >= 15 is 0 Å². The van der Waals surface area contributed by atoms with Crippen molar-refractivity contribution in [2.75, 3.05) is 6.54 Å². The molecule has 0 saturated carbocycles. The quantitative estimate of drug-likeness (QED) is 0.669. The van der Waals surface area contributed by atoms with E-state index in [-0.39, 0.29) is 11.9 Å². The molecule has 2 unspecified atom stereocenters. The van der Waals surface area contributed by atoms with Gasteiger partial charge in [0, 0.05) is 6.04 Å². The zero-order chi connectivity index (χ0) is 12.6. The van der Waals surface area contributed by atoms with E-state index in [2.05, 4.69) is 38.3 Å². The maximum absolute atomic E-state index is 11.8. The Morgan fingerprint density at radius 1 is 1.06 bits per heavy atom. The molecule has 0 heterocycles. The first-order chi connectivity index (χ1) is 7.54. The van der Waals surface area contributed by atoms with Crippen molar-refractivity contribution in [2.24, 2.45) is 5.92 Å². The minimum atomic E-state index is -0.0883. The van der Waals surface area contributed by atoms with Crippen LogP contribution < -0.4 is 10.6 Å². The average molecular weight is 228 g/mol. The first kappa shape index (κ1) is 15.4. The molecular weight excluding hydrogens is 200 g/mol. The summed E-state index contributed by atoms with van der Waals surface area (Å²) in [5.41, 5.74) is 0. The largest absolute Gasteiger partial charge is 0.352 e. The highest BCUT2D eigenvalue weighted by molar-refractivity contribution is 5.81. The van der Waals surface area contributed by atoms with Gasteiger partial charge in [-0.15, -0.1) is 0 Å². The minimum Gasteiger partial charge on any atom is -0.352 e. The molecule has 16 heavy (non-hydrogen) atoms. The third kappa shape index (κ3) is 6.11. The first-order valence-corrected chi connectivity index (χ1v) is 6.58. The maximum Gasteiger partial charge on any atom is 0.237 e. The Morgan fingerprint density at radius 3 is 2.06 bits per heavy atom. The van der Waals surface area contributed by atoms with Crippen LogP contribution >= 0.6 is 0 Å². The van der Waals surface area contributed by atoms with Gasteiger partial charge in [0.2, 0.25) is 5.91 Å². The molecule has 0 aromatic heterocycles. The molecule has 0 radical (unpaired) electrons. The second-order valence-electron chi connectivity index (χ2n) is 4.67. The molecule has 0 aromatic carbocycles. The molecule has 0 aliphatic heterocycles. The predicted molar refractivity (Wildman–Crippen MR) is 69.4 cm³/mol. The van der Waals surface area contributed by atoms with Gasteiger partial charge in [0.15, 0.2) is 0 Å². The lowest BCUT2D eigenvalue weighted by Gasteiger charge is -2.20. The number of amides is 1. The summed E-state index contributed by atoms with van der Waals surface area (Å²) >= 11 is 0. The normalized spacial score (nSPS) is 14.9. The van der Waals surface area contributed by atoms with Gasteiger partial charge in [-0.2, -0.15) is 0 Å². The zero-order valence-electron chi connectivity index (χ0n) is 11.5. The summed E-state index contributed by atoms with van der Waals surface area (Å²) in [6.07, 6.45) is 3.15. The molecule has 0 saturated heterocycles. The van der Waals surface area contributed by atoms with Gasteiger partial charge in [-0.3, -0.25) is 4.79 Å². The lowest BCUT2D eigenvalue weighted by molar-refractivity contribution is -0.123. The topological polar surface area (TPSA) is 41.1 Å². The van der Waals surface area contributed by atoms with Crippen molar-refractivity contribution in [3.63, 3.8) is 0 Å². The monoisotopic (exact) mass is 228 g/mol. The summed E-state index contributed by atoms with van der Waals surface area (Å²) in [6, 6.07) is 0.231. The van der Waals surface area contributed by atoms with Crippen molar-refractivity contribution in [3.8, 4) is 0 Å². The van der Waals surface area contributed by atoms with Crippen LogP contribution in [0.15, 0.2) is 0 Å². The van der Waals surface area contributed by atoms with Crippen molar-refractivity contribution in [2.45, 2.75) is 66.0 Å². The zero-order valence-corrected chi connectivity index (χ0v) is 11.5. The molecule has 2 atom stereocenters. The summed E-state index contributed by atoms with van der Waals surface area (Å²) in [5, 5.41) is 6.33. The molecule has 0 aliphatic carbocycles. The Kier molecular flexibility index (Phi) is 8.26. The van der Waals surface area contributed by atoms with Crippen molar-refractivity contribution in [3.05, 3.63) is 0 Å². The third-order valence-corrected chi connectivity index (χ3v) is 3.19. The SMILES string of the molecule is CCC(C)CNC(C)C(=O)NC(CC)CC. The number of carbonyl (C=O) groups is 1. The molecule has 3 nitrogen and oxygen atoms in total. The number of carbonyl (C=O) groups excluding carboxylic acids is 1. The number of hydrogen-bond donors (Lipinski definition) is 2. The summed E-state index contributed by atoms with van der Waals surface area (Å²) in [6.45, 7) is 11.4. The van der Waals surface area contributed by atoms with Gasteiger partial charge in [-0.05, 0) is 32.2 Å². The highest BCUT2D eigenvalue weighted by Gasteiger charge is 2.15. The Morgan fingerprint density at radius 2 is 1.62 bits per heavy atom. The Labute approximate surface area is 100 Å². The summed E-state index contributed by atoms with van der Waals surface area (Å²) in [4.78, 5) is 11.8. The van der Waals surface area contributed by atoms with E-state index in [1.54, 1.807) is 0 Å². The first-order valence-electron chi connectivity index (χ1n) is 6.58. The van der Waals surface area contributed by atoms with Gasteiger partial charge in [0.1, 0.15) is 0 Å². The maximum atomic E-state index is 11.8. The van der Waals surface area contributed by atoms with Crippen molar-refractivity contribution >= 4 is 5.91 Å². The second kappa shape index (κ2) is 8.57. The molecular formula is C13H28N2O. The molecule has 1 amide bonds. The van der Waals surface area contributed by atoms with Crippen molar-refractivity contribution in [1.82, 2.24) is 10.6 Å². The molecule has 3 heteroatoms. The molecule has 0 rings (SSSR count). The van der Waals surface area contributed by atoms with Crippen LogP contribution in [0.5, 0.6) is 0 Å². The highest BCUT2D eigenvalue weighted by atomic mass is 16.2. The van der Waals surface area contributed by atoms with Gasteiger partial charge in [-0.25, -0.2) is 0 Å². The highest BCUT2D eigenvalue weighted by Crippen LogP contribution is 2.00. The van der Waals surface area contributed by atoms with Crippen LogP contribution in [0.3, 0.4) is 0 Å². The second-order valence-corrected chi connectivity index (χ2v) is 4.67. The van der Waals surface area contributed by atoms with E-state index in [0.717, 1.165) is 25.8 Å². The van der Waals surface area contributed by atoms with Gasteiger partial charge in [0.05, 0.1) is 6.04 Å². The Hall–Kier alpha value is -0.570. The van der Waals surface area contributed by atoms with E-state index in [9.17, 15) is 4.79 Å². The number of hydrogen-bond acceptors (Lipinski definition) is 2. The molecule has 0 bridgehead atoms. The Balaban J connectivity index is 3.89. The fourth-order valence-corrected chi connectivity index (χ4v) is 1.43. The van der Waals surface area contributed by atoms with Crippen molar-refractivity contribution in [1.29, 1.82) is 0 Å². The molecule has 0 aliphatic rings. The van der Waals surface area contributed by atoms with Crippen LogP contribution in [-0.4, -0.2) is 24.5 Å². The fourth-order valence-electron chi connectivity index (χ4n) is 1.43. The molecule has 0 fully saturated rings. The van der Waals surface area contributed by atoms with Crippen LogP contribution in [0.1, 0.15) is 53.9 Å². The van der Waals surface area contributed by atoms with Crippen LogP contribution in [0.25, 0.3) is 0 Å². The van der Waals surface area contributed by atoms with Crippen LogP contribution in [0, 0.1) is 5.92 Å². The summed E-state index contributed by atoms with van der Waals surface area (Å²) in [5.74, 6) is 0.750. The van der Waals surface area contributed by atoms with E-state index < -0.39 is 0 Å². The van der Waals surface area contributed by atoms with Crippen LogP contribution in [0.2, 0.25) is 0 Å². The molecule has 0 spiro atoms. The van der Waals surface area contributed by atoms with E-state index in [1.165, 1.54) is 0 Å². The predicted octanol–water partition coefficient (Wildman–Crippen LogP) is 2.32. The van der Waals surface area contributed by atoms with Gasteiger partial charge >= 0.3 is 0 Å². The van der Waals surface area contributed by atoms with Gasteiger partial charge in [-0.1, -0.05) is 34.1 Å². The minimum absolute atomic E-state index is 0.0883. The average Bonchev–Trinajstić information content (AvgIpc) is 2.31. The lowest BCUT2D eigenvalue weighted by atomic mass is 10.1. The summed E-state index contributed by atoms with van der Waals surface area (Å²) in [7, 11) is 0. The number of nitrogens with one attached hydrogen (secondary N) is 2. The standard InChI is InChI=1S/C13H28N2O/c1-6-10(4)9-14-11(5)13(16)15-12(7-2)8-3/h10-12,14H,6-9H2,1-5H3,(H,15,16). The summed E-state index contributed by atoms with van der Waals surface area (Å²) < 4.78 is 0. The van der Waals surface area contributed by atoms with E-state index in [0.29, 0.717) is 12.0 Å². The number of rotatable bonds is 8. The smallest absolute Gasteiger partial charge is 0.237 e. The fraction of sp³-hybridized carbons (Fsp3) is 0.923. The van der Waals surface area contributed by atoms with Crippen molar-refractivity contribution < 1.29 is 4.79 Å². The van der Waals surface area contributed by atoms with Crippen LogP contribution in [0.4, 0.5) is 0 Å². The van der Waals surface area contributed by atoms with Gasteiger partial charge in [0.25, 0.3) is 0 Å². The molecule has 2 N–H and O–H groups in total. The van der Waals surface area contributed by atoms with E-state index in [4.69, 9.17) is 0 Å². The molecule has 96 valence electrons. The lowest BCUT2D eigenvalue weighted by Crippen LogP contribution is -2.46. The van der Waals surface area contributed by atoms with Crippen LogP contribution in [-0.2, 0) is 4.79 Å².